The minimum Gasteiger partial charge on any atom is -0.870 e. The average Bonchev–Trinajstić information content (AvgIpc) is 0. The van der Waals surface area contributed by atoms with E-state index in [1.54, 1.807) is 0 Å². The molecule has 0 aromatic heterocycles. The molecule has 1 N–H and O–H groups in total. The summed E-state index contributed by atoms with van der Waals surface area (Å²) in [6.45, 7) is 0. The Balaban J connectivity index is 0. The number of hydrogen-bond acceptors (Lipinski definition) is 1. The molecular weight excluding hydrogens is 324 g/mol. The van der Waals surface area contributed by atoms with Gasteiger partial charge in [-0.15, -0.1) is 0 Å². The second kappa shape index (κ2) is 27.5. The van der Waals surface area contributed by atoms with Crippen LogP contribution in [0.1, 0.15) is 0 Å². The number of hydrogen-bond donors (Lipinski definition) is 0. The van der Waals surface area contributed by atoms with Gasteiger partial charge in [0.1, 0.15) is 0 Å². The van der Waals surface area contributed by atoms with Gasteiger partial charge in [0.15, 0.2) is 0 Å². The molecule has 0 aromatic carbocycles. The van der Waals surface area contributed by atoms with Crippen molar-refractivity contribution in [2.24, 2.45) is 0 Å². The molecule has 0 aliphatic carbocycles. The van der Waals surface area contributed by atoms with Crippen LogP contribution in [0.4, 0.5) is 0 Å². The molecule has 5 heteroatoms. The smallest absolute Gasteiger partial charge is 0 e. The maximum Gasteiger partial charge on any atom is 0 e. The molecule has 0 fully saturated rings. The fraction of sp³-hybridized carbons (Fsp3) is 0. The Morgan fingerprint density at radius 3 is 1.00 bits per heavy atom. The molecule has 0 unspecified atom stereocenters. The van der Waals surface area contributed by atoms with Crippen LogP contribution in [0, 0.1) is 0 Å². The van der Waals surface area contributed by atoms with Crippen LogP contribution in [-0.2, 0) is 51.5 Å². The largest absolute Gasteiger partial charge is 0.870 e. The molecule has 5 heavy (non-hydrogen) atoms. The normalized spacial score (nSPS) is 0. The fourth-order valence-corrected chi connectivity index (χ4v) is 0. The molecule has 0 bridgehead atoms. The van der Waals surface area contributed by atoms with E-state index < -0.39 is 0 Å². The van der Waals surface area contributed by atoms with E-state index in [9.17, 15) is 0 Å². The summed E-state index contributed by atoms with van der Waals surface area (Å²) >= 11 is 0. The Morgan fingerprint density at radius 1 is 1.00 bits per heavy atom. The van der Waals surface area contributed by atoms with Gasteiger partial charge in [-0.2, -0.15) is 0 Å². The van der Waals surface area contributed by atoms with E-state index in [1.165, 1.54) is 0 Å². The second-order valence-corrected chi connectivity index (χ2v) is 0. The van der Waals surface area contributed by atoms with Gasteiger partial charge in [-0.25, -0.2) is 0 Å². The van der Waals surface area contributed by atoms with Crippen LogP contribution in [0.5, 0.6) is 0 Å². The molecule has 0 saturated carbocycles. The summed E-state index contributed by atoms with van der Waals surface area (Å²) in [5, 5.41) is 0. The first-order valence-electron chi connectivity index (χ1n) is 0. The Morgan fingerprint density at radius 2 is 1.00 bits per heavy atom. The maximum atomic E-state index is 0. The molecule has 0 rings (SSSR count). The van der Waals surface area contributed by atoms with Gasteiger partial charge in [0.05, 0.1) is 0 Å². The monoisotopic (exact) mass is 326 g/mol. The molecule has 2 radical (unpaired) electrons. The third kappa shape index (κ3) is 19.2. The Kier molecular flexibility index (Phi) is 233. The van der Waals surface area contributed by atoms with E-state index in [1.807, 2.05) is 0 Å². The van der Waals surface area contributed by atoms with Crippen LogP contribution < -0.4 is 0 Å². The van der Waals surface area contributed by atoms with E-state index in [0.717, 1.165) is 0 Å². The van der Waals surface area contributed by atoms with Crippen LogP contribution >= 0.6 is 0 Å². The van der Waals surface area contributed by atoms with Crippen molar-refractivity contribution >= 4 is 48.9 Å². The molecule has 0 amide bonds. The Bertz CT molecular complexity index is 11.6. The predicted molar refractivity (Wildman–Crippen MR) is 9.08 cm³/mol. The van der Waals surface area contributed by atoms with Crippen LogP contribution in [0.2, 0.25) is 0 Å². The molecule has 0 heterocycles. The van der Waals surface area contributed by atoms with Gasteiger partial charge < -0.3 is 5.48 Å². The quantitative estimate of drug-likeness (QED) is 0.535. The topological polar surface area (TPSA) is 30.0 Å². The zero-order valence-electron chi connectivity index (χ0n) is 2.53. The summed E-state index contributed by atoms with van der Waals surface area (Å²) in [6, 6.07) is 0. The third-order valence-electron chi connectivity index (χ3n) is 0. The van der Waals surface area contributed by atoms with E-state index >= 15 is 0 Å². The second-order valence-electron chi connectivity index (χ2n) is 0. The van der Waals surface area contributed by atoms with Gasteiger partial charge >= 0.3 is 48.9 Å². The van der Waals surface area contributed by atoms with Crippen LogP contribution in [0.3, 0.4) is 0 Å². The van der Waals surface area contributed by atoms with Crippen molar-refractivity contribution in [3.63, 3.8) is 0 Å². The average molecular weight is 326 g/mol. The van der Waals surface area contributed by atoms with Gasteiger partial charge in [-0.05, 0) is 0 Å². The summed E-state index contributed by atoms with van der Waals surface area (Å²) < 4.78 is 0. The van der Waals surface area contributed by atoms with Gasteiger partial charge in [-0.1, -0.05) is 0 Å². The van der Waals surface area contributed by atoms with Crippen molar-refractivity contribution in [3.8, 4) is 0 Å². The minimum absolute atomic E-state index is 0. The number of rotatable bonds is 0. The Hall–Kier alpha value is 3.10. The summed E-state index contributed by atoms with van der Waals surface area (Å²) in [7, 11) is 0. The zero-order valence-corrected chi connectivity index (χ0v) is 12.2. The molecule has 0 atom stereocenters. The first-order chi connectivity index (χ1) is 0. The summed E-state index contributed by atoms with van der Waals surface area (Å²) in [6.07, 6.45) is 0. The molecule has 0 aliphatic heterocycles. The van der Waals surface area contributed by atoms with Crippen LogP contribution in [0.25, 0.3) is 0 Å². The van der Waals surface area contributed by atoms with Gasteiger partial charge in [0, 0.05) is 51.5 Å². The van der Waals surface area contributed by atoms with Crippen molar-refractivity contribution in [1.82, 2.24) is 0 Å². The summed E-state index contributed by atoms with van der Waals surface area (Å²) in [4.78, 5) is 0. The Labute approximate surface area is 103 Å². The van der Waals surface area contributed by atoms with Crippen molar-refractivity contribution in [1.29, 1.82) is 0 Å². The zero-order chi connectivity index (χ0) is 0. The van der Waals surface area contributed by atoms with E-state index in [4.69, 9.17) is 0 Å². The standard InChI is InChI=1S/Ba.Cr.Cu.Mn.H2O.H/h;;;;1H2;/q+1;;;;;/p-1. The van der Waals surface area contributed by atoms with Crippen molar-refractivity contribution < 1.29 is 57.0 Å². The van der Waals surface area contributed by atoms with Crippen LogP contribution in [0.15, 0.2) is 0 Å². The van der Waals surface area contributed by atoms with Gasteiger partial charge in [0.25, 0.3) is 0 Å². The van der Waals surface area contributed by atoms with Crippen molar-refractivity contribution in [2.75, 3.05) is 0 Å². The van der Waals surface area contributed by atoms with Gasteiger partial charge in [0.2, 0.25) is 0 Å². The first kappa shape index (κ1) is 42.5. The molecule has 0 aromatic rings. The van der Waals surface area contributed by atoms with E-state index in [2.05, 4.69) is 0 Å². The van der Waals surface area contributed by atoms with Crippen molar-refractivity contribution in [2.45, 2.75) is 0 Å². The minimum atomic E-state index is 0. The SMILES string of the molecule is [BaH+].[Cr].[Cu].[Mn].[OH-]. The van der Waals surface area contributed by atoms with Gasteiger partial charge in [-0.3, -0.25) is 0 Å². The first-order valence-corrected chi connectivity index (χ1v) is 0. The predicted octanol–water partition coefficient (Wildman–Crippen LogP) is -0.833. The van der Waals surface area contributed by atoms with Crippen LogP contribution in [-0.4, -0.2) is 54.4 Å². The molecule has 0 saturated heterocycles. The fourth-order valence-electron chi connectivity index (χ4n) is 0. The van der Waals surface area contributed by atoms with Crippen molar-refractivity contribution in [3.05, 3.63) is 0 Å². The summed E-state index contributed by atoms with van der Waals surface area (Å²) in [5.41, 5.74) is 0. The molecule has 0 spiro atoms. The molecular formula is H2BaCrCuMnO. The molecule has 34 valence electrons. The summed E-state index contributed by atoms with van der Waals surface area (Å²) in [5.74, 6) is 0. The van der Waals surface area contributed by atoms with E-state index in [0.29, 0.717) is 0 Å². The maximum absolute atomic E-state index is 0. The molecule has 1 nitrogen and oxygen atoms in total. The van der Waals surface area contributed by atoms with E-state index in [-0.39, 0.29) is 106 Å². The third-order valence-corrected chi connectivity index (χ3v) is 0. The molecule has 0 aliphatic rings.